The van der Waals surface area contributed by atoms with Crippen LogP contribution < -0.4 is 10.1 Å². The van der Waals surface area contributed by atoms with Crippen LogP contribution in [-0.4, -0.2) is 18.2 Å². The molecule has 5 nitrogen and oxygen atoms in total. The average Bonchev–Trinajstić information content (AvgIpc) is 3.05. The Bertz CT molecular complexity index is 822. The lowest BCUT2D eigenvalue weighted by Crippen LogP contribution is -2.12. The van der Waals surface area contributed by atoms with Gasteiger partial charge in [0.25, 0.3) is 5.91 Å². The zero-order valence-electron chi connectivity index (χ0n) is 12.9. The monoisotopic (exact) mass is 308 g/mol. The molecule has 1 amide bonds. The van der Waals surface area contributed by atoms with Crippen molar-refractivity contribution in [3.63, 3.8) is 0 Å². The molecule has 0 aliphatic heterocycles. The van der Waals surface area contributed by atoms with Crippen LogP contribution in [0.4, 0.5) is 5.69 Å². The average molecular weight is 308 g/mol. The number of anilines is 1. The minimum atomic E-state index is -0.261. The Morgan fingerprint density at radius 2 is 1.96 bits per heavy atom. The minimum Gasteiger partial charge on any atom is -0.497 e. The van der Waals surface area contributed by atoms with Gasteiger partial charge in [0.2, 0.25) is 0 Å². The third-order valence-corrected chi connectivity index (χ3v) is 3.44. The number of hydrogen-bond acceptors (Lipinski definition) is 4. The number of nitrogens with zero attached hydrogens (tertiary/aromatic N) is 1. The number of aromatic nitrogens is 1. The van der Waals surface area contributed by atoms with Crippen molar-refractivity contribution < 1.29 is 14.1 Å². The van der Waals surface area contributed by atoms with Crippen LogP contribution >= 0.6 is 0 Å². The van der Waals surface area contributed by atoms with Crippen molar-refractivity contribution in [1.82, 2.24) is 5.16 Å². The Labute approximate surface area is 133 Å². The van der Waals surface area contributed by atoms with Gasteiger partial charge in [0.05, 0.1) is 13.3 Å². The molecule has 1 heterocycles. The van der Waals surface area contributed by atoms with Crippen LogP contribution in [0.3, 0.4) is 0 Å². The van der Waals surface area contributed by atoms with E-state index in [1.807, 2.05) is 43.3 Å². The van der Waals surface area contributed by atoms with Gasteiger partial charge in [-0.15, -0.1) is 0 Å². The van der Waals surface area contributed by atoms with Gasteiger partial charge in [-0.25, -0.2) is 0 Å². The Morgan fingerprint density at radius 1 is 1.17 bits per heavy atom. The number of rotatable bonds is 4. The van der Waals surface area contributed by atoms with E-state index in [2.05, 4.69) is 10.5 Å². The maximum Gasteiger partial charge on any atom is 0.261 e. The van der Waals surface area contributed by atoms with E-state index in [9.17, 15) is 4.79 Å². The number of amides is 1. The molecule has 0 aliphatic carbocycles. The Kier molecular flexibility index (Phi) is 4.10. The molecular weight excluding hydrogens is 292 g/mol. The molecule has 23 heavy (non-hydrogen) atoms. The molecule has 0 aliphatic rings. The summed E-state index contributed by atoms with van der Waals surface area (Å²) in [5.41, 5.74) is 2.95. The maximum absolute atomic E-state index is 12.5. The lowest BCUT2D eigenvalue weighted by atomic mass is 10.1. The molecule has 2 aromatic carbocycles. The van der Waals surface area contributed by atoms with Gasteiger partial charge >= 0.3 is 0 Å². The zero-order valence-corrected chi connectivity index (χ0v) is 12.9. The molecule has 116 valence electrons. The molecule has 3 rings (SSSR count). The molecule has 5 heteroatoms. The largest absolute Gasteiger partial charge is 0.497 e. The topological polar surface area (TPSA) is 64.4 Å². The van der Waals surface area contributed by atoms with Crippen molar-refractivity contribution in [2.45, 2.75) is 6.92 Å². The van der Waals surface area contributed by atoms with Gasteiger partial charge in [-0.1, -0.05) is 17.3 Å². The summed E-state index contributed by atoms with van der Waals surface area (Å²) in [6, 6.07) is 14.9. The van der Waals surface area contributed by atoms with E-state index in [0.717, 1.165) is 22.6 Å². The van der Waals surface area contributed by atoms with Crippen molar-refractivity contribution in [2.24, 2.45) is 0 Å². The van der Waals surface area contributed by atoms with Crippen molar-refractivity contribution in [3.05, 3.63) is 65.9 Å². The molecule has 0 saturated carbocycles. The predicted octanol–water partition coefficient (Wildman–Crippen LogP) is 3.91. The van der Waals surface area contributed by atoms with Crippen LogP contribution in [0.1, 0.15) is 15.9 Å². The van der Waals surface area contributed by atoms with Crippen LogP contribution in [0.25, 0.3) is 11.3 Å². The molecule has 0 fully saturated rings. The molecule has 0 bridgehead atoms. The quantitative estimate of drug-likeness (QED) is 0.793. The highest BCUT2D eigenvalue weighted by molar-refractivity contribution is 6.07. The van der Waals surface area contributed by atoms with E-state index < -0.39 is 0 Å². The molecule has 0 atom stereocenters. The third kappa shape index (κ3) is 3.23. The summed E-state index contributed by atoms with van der Waals surface area (Å²) in [7, 11) is 1.60. The van der Waals surface area contributed by atoms with E-state index >= 15 is 0 Å². The number of methoxy groups -OCH3 is 1. The van der Waals surface area contributed by atoms with E-state index in [1.165, 1.54) is 6.20 Å². The Balaban J connectivity index is 1.86. The van der Waals surface area contributed by atoms with Crippen LogP contribution in [0.5, 0.6) is 5.75 Å². The SMILES string of the molecule is COc1ccc(-c2oncc2C(=O)Nc2cccc(C)c2)cc1. The molecule has 1 N–H and O–H groups in total. The van der Waals surface area contributed by atoms with Crippen LogP contribution in [0.15, 0.2) is 59.3 Å². The summed E-state index contributed by atoms with van der Waals surface area (Å²) in [6.07, 6.45) is 1.42. The summed E-state index contributed by atoms with van der Waals surface area (Å²) in [5.74, 6) is 0.902. The van der Waals surface area contributed by atoms with Gasteiger partial charge in [-0.3, -0.25) is 4.79 Å². The second kappa shape index (κ2) is 6.36. The summed E-state index contributed by atoms with van der Waals surface area (Å²) in [4.78, 5) is 12.5. The highest BCUT2D eigenvalue weighted by atomic mass is 16.5. The Morgan fingerprint density at radius 3 is 2.65 bits per heavy atom. The molecule has 3 aromatic rings. The Hall–Kier alpha value is -3.08. The summed E-state index contributed by atoms with van der Waals surface area (Å²) in [6.45, 7) is 1.97. The van der Waals surface area contributed by atoms with E-state index in [0.29, 0.717) is 11.3 Å². The number of hydrogen-bond donors (Lipinski definition) is 1. The predicted molar refractivity (Wildman–Crippen MR) is 87.6 cm³/mol. The van der Waals surface area contributed by atoms with Crippen molar-refractivity contribution >= 4 is 11.6 Å². The van der Waals surface area contributed by atoms with Gasteiger partial charge in [0.15, 0.2) is 5.76 Å². The molecule has 1 aromatic heterocycles. The molecular formula is C18H16N2O3. The summed E-state index contributed by atoms with van der Waals surface area (Å²) < 4.78 is 10.4. The van der Waals surface area contributed by atoms with E-state index in [4.69, 9.17) is 9.26 Å². The van der Waals surface area contributed by atoms with Gasteiger partial charge < -0.3 is 14.6 Å². The minimum absolute atomic E-state index is 0.261. The fourth-order valence-corrected chi connectivity index (χ4v) is 2.27. The van der Waals surface area contributed by atoms with Gasteiger partial charge in [0, 0.05) is 11.3 Å². The fraction of sp³-hybridized carbons (Fsp3) is 0.111. The second-order valence-electron chi connectivity index (χ2n) is 5.12. The lowest BCUT2D eigenvalue weighted by Gasteiger charge is -2.06. The lowest BCUT2D eigenvalue weighted by molar-refractivity contribution is 0.102. The van der Waals surface area contributed by atoms with Gasteiger partial charge in [-0.2, -0.15) is 0 Å². The fourth-order valence-electron chi connectivity index (χ4n) is 2.27. The normalized spacial score (nSPS) is 10.3. The first-order chi connectivity index (χ1) is 11.2. The van der Waals surface area contributed by atoms with Crippen molar-refractivity contribution in [1.29, 1.82) is 0 Å². The first-order valence-electron chi connectivity index (χ1n) is 7.14. The second-order valence-corrected chi connectivity index (χ2v) is 5.12. The summed E-state index contributed by atoms with van der Waals surface area (Å²) >= 11 is 0. The van der Waals surface area contributed by atoms with E-state index in [-0.39, 0.29) is 5.91 Å². The van der Waals surface area contributed by atoms with Crippen molar-refractivity contribution in [3.8, 4) is 17.1 Å². The molecule has 0 saturated heterocycles. The standard InChI is InChI=1S/C18H16N2O3/c1-12-4-3-5-14(10-12)20-18(21)16-11-19-23-17(16)13-6-8-15(22-2)9-7-13/h3-11H,1-2H3,(H,20,21). The number of benzene rings is 2. The molecule has 0 radical (unpaired) electrons. The van der Waals surface area contributed by atoms with Crippen molar-refractivity contribution in [2.75, 3.05) is 12.4 Å². The first-order valence-corrected chi connectivity index (χ1v) is 7.14. The van der Waals surface area contributed by atoms with Crippen LogP contribution in [0.2, 0.25) is 0 Å². The van der Waals surface area contributed by atoms with Crippen LogP contribution in [-0.2, 0) is 0 Å². The maximum atomic E-state index is 12.5. The van der Waals surface area contributed by atoms with Gasteiger partial charge in [-0.05, 0) is 48.9 Å². The molecule has 0 unspecified atom stereocenters. The zero-order chi connectivity index (χ0) is 16.2. The first kappa shape index (κ1) is 14.8. The summed E-state index contributed by atoms with van der Waals surface area (Å²) in [5, 5.41) is 6.61. The number of carbonyl (C=O) groups excluding carboxylic acids is 1. The van der Waals surface area contributed by atoms with Gasteiger partial charge in [0.1, 0.15) is 11.3 Å². The highest BCUT2D eigenvalue weighted by Gasteiger charge is 2.18. The number of aryl methyl sites for hydroxylation is 1. The third-order valence-electron chi connectivity index (χ3n) is 3.44. The number of ether oxygens (including phenoxy) is 1. The number of carbonyl (C=O) groups is 1. The highest BCUT2D eigenvalue weighted by Crippen LogP contribution is 2.26. The number of nitrogens with one attached hydrogen (secondary N) is 1. The van der Waals surface area contributed by atoms with E-state index in [1.54, 1.807) is 19.2 Å². The van der Waals surface area contributed by atoms with Crippen LogP contribution in [0, 0.1) is 6.92 Å². The smallest absolute Gasteiger partial charge is 0.261 e. The molecule has 0 spiro atoms.